The van der Waals surface area contributed by atoms with E-state index in [1.807, 2.05) is 85.8 Å². The second kappa shape index (κ2) is 12.8. The highest BCUT2D eigenvalue weighted by atomic mass is 35.5. The molecule has 0 radical (unpaired) electrons. The van der Waals surface area contributed by atoms with E-state index in [9.17, 15) is 9.59 Å². The number of hydrogen-bond donors (Lipinski definition) is 1. The van der Waals surface area contributed by atoms with Gasteiger partial charge in [0.2, 0.25) is 11.8 Å². The molecule has 0 unspecified atom stereocenters. The van der Waals surface area contributed by atoms with Crippen LogP contribution in [0.2, 0.25) is 5.02 Å². The maximum absolute atomic E-state index is 13.6. The Balaban J connectivity index is 1.91. The van der Waals surface area contributed by atoms with Gasteiger partial charge in [0.15, 0.2) is 0 Å². The molecule has 0 saturated heterocycles. The lowest BCUT2D eigenvalue weighted by Crippen LogP contribution is -2.50. The zero-order valence-corrected chi connectivity index (χ0v) is 20.4. The molecular weight excluding hydrogens is 448 g/mol. The van der Waals surface area contributed by atoms with Crippen LogP contribution in [0, 0.1) is 0 Å². The van der Waals surface area contributed by atoms with Crippen LogP contribution in [0.3, 0.4) is 0 Å². The summed E-state index contributed by atoms with van der Waals surface area (Å²) in [5, 5.41) is 3.55. The normalized spacial score (nSPS) is 11.5. The van der Waals surface area contributed by atoms with Gasteiger partial charge in [0, 0.05) is 31.0 Å². The van der Waals surface area contributed by atoms with E-state index in [1.165, 1.54) is 0 Å². The van der Waals surface area contributed by atoms with Gasteiger partial charge in [0.25, 0.3) is 0 Å². The Morgan fingerprint density at radius 1 is 0.971 bits per heavy atom. The molecule has 0 spiro atoms. The number of hydrogen-bond acceptors (Lipinski definition) is 3. The number of ether oxygens (including phenoxy) is 1. The molecule has 0 aliphatic heterocycles. The third kappa shape index (κ3) is 7.09. The van der Waals surface area contributed by atoms with Gasteiger partial charge in [-0.25, -0.2) is 0 Å². The predicted octanol–water partition coefficient (Wildman–Crippen LogP) is 5.06. The Morgan fingerprint density at radius 2 is 1.68 bits per heavy atom. The van der Waals surface area contributed by atoms with Gasteiger partial charge in [-0.3, -0.25) is 9.59 Å². The van der Waals surface area contributed by atoms with Gasteiger partial charge in [0.1, 0.15) is 11.8 Å². The molecular formula is C28H31ClN2O3. The Kier molecular flexibility index (Phi) is 9.53. The molecule has 3 aromatic rings. The minimum atomic E-state index is -0.646. The second-order valence-corrected chi connectivity index (χ2v) is 8.47. The molecule has 0 aromatic heterocycles. The summed E-state index contributed by atoms with van der Waals surface area (Å²) < 4.78 is 5.36. The van der Waals surface area contributed by atoms with E-state index in [4.69, 9.17) is 16.3 Å². The van der Waals surface area contributed by atoms with E-state index in [0.29, 0.717) is 36.7 Å². The van der Waals surface area contributed by atoms with Crippen molar-refractivity contribution in [3.05, 3.63) is 101 Å². The first kappa shape index (κ1) is 25.3. The van der Waals surface area contributed by atoms with E-state index in [0.717, 1.165) is 16.7 Å². The average molecular weight is 479 g/mol. The van der Waals surface area contributed by atoms with E-state index in [1.54, 1.807) is 12.0 Å². The van der Waals surface area contributed by atoms with Crippen molar-refractivity contribution in [2.45, 2.75) is 38.8 Å². The monoisotopic (exact) mass is 478 g/mol. The van der Waals surface area contributed by atoms with Crippen LogP contribution in [0.1, 0.15) is 30.0 Å². The SMILES string of the molecule is CCNC(=O)[C@H](Cc1ccccc1)N(Cc1cccc(OC)c1)C(=O)CCc1ccccc1Cl. The van der Waals surface area contributed by atoms with Gasteiger partial charge in [-0.1, -0.05) is 72.3 Å². The number of halogens is 1. The van der Waals surface area contributed by atoms with Crippen LogP contribution in [0.4, 0.5) is 0 Å². The van der Waals surface area contributed by atoms with E-state index in [-0.39, 0.29) is 18.2 Å². The number of rotatable bonds is 11. The first-order valence-corrected chi connectivity index (χ1v) is 11.9. The molecule has 6 heteroatoms. The predicted molar refractivity (Wildman–Crippen MR) is 136 cm³/mol. The molecule has 0 bridgehead atoms. The summed E-state index contributed by atoms with van der Waals surface area (Å²) in [5.41, 5.74) is 2.80. The van der Waals surface area contributed by atoms with Crippen molar-refractivity contribution in [3.8, 4) is 5.75 Å². The quantitative estimate of drug-likeness (QED) is 0.419. The minimum Gasteiger partial charge on any atom is -0.497 e. The summed E-state index contributed by atoms with van der Waals surface area (Å²) in [4.78, 5) is 28.5. The maximum atomic E-state index is 13.6. The molecule has 2 amide bonds. The molecule has 0 aliphatic carbocycles. The molecule has 0 fully saturated rings. The lowest BCUT2D eigenvalue weighted by Gasteiger charge is -2.31. The molecule has 0 saturated carbocycles. The van der Waals surface area contributed by atoms with Crippen molar-refractivity contribution >= 4 is 23.4 Å². The summed E-state index contributed by atoms with van der Waals surface area (Å²) >= 11 is 6.31. The number of nitrogens with one attached hydrogen (secondary N) is 1. The molecule has 3 aromatic carbocycles. The van der Waals surface area contributed by atoms with Crippen LogP contribution < -0.4 is 10.1 Å². The van der Waals surface area contributed by atoms with Crippen LogP contribution >= 0.6 is 11.6 Å². The summed E-state index contributed by atoms with van der Waals surface area (Å²) in [5.74, 6) is 0.439. The van der Waals surface area contributed by atoms with Crippen LogP contribution in [-0.2, 0) is 29.0 Å². The van der Waals surface area contributed by atoms with E-state index < -0.39 is 6.04 Å². The lowest BCUT2D eigenvalue weighted by atomic mass is 10.0. The van der Waals surface area contributed by atoms with E-state index in [2.05, 4.69) is 5.32 Å². The highest BCUT2D eigenvalue weighted by Crippen LogP contribution is 2.21. The number of benzene rings is 3. The number of likely N-dealkylation sites (N-methyl/N-ethyl adjacent to an activating group) is 1. The third-order valence-corrected chi connectivity index (χ3v) is 6.04. The second-order valence-electron chi connectivity index (χ2n) is 8.06. The average Bonchev–Trinajstić information content (AvgIpc) is 2.86. The molecule has 1 N–H and O–H groups in total. The van der Waals surface area contributed by atoms with Crippen LogP contribution in [0.25, 0.3) is 0 Å². The zero-order chi connectivity index (χ0) is 24.3. The number of nitrogens with zero attached hydrogens (tertiary/aromatic N) is 1. The number of methoxy groups -OCH3 is 1. The zero-order valence-electron chi connectivity index (χ0n) is 19.7. The standard InChI is InChI=1S/C28H31ClN2O3/c1-3-30-28(33)26(19-21-10-5-4-6-11-21)31(20-22-12-9-14-24(18-22)34-2)27(32)17-16-23-13-7-8-15-25(23)29/h4-15,18,26H,3,16-17,19-20H2,1-2H3,(H,30,33)/t26-/m0/s1. The van der Waals surface area contributed by atoms with Crippen LogP contribution in [0.15, 0.2) is 78.9 Å². The lowest BCUT2D eigenvalue weighted by molar-refractivity contribution is -0.141. The fourth-order valence-corrected chi connectivity index (χ4v) is 4.13. The number of carbonyl (C=O) groups excluding carboxylic acids is 2. The summed E-state index contributed by atoms with van der Waals surface area (Å²) in [6, 6.07) is 24.2. The summed E-state index contributed by atoms with van der Waals surface area (Å²) in [7, 11) is 1.61. The highest BCUT2D eigenvalue weighted by Gasteiger charge is 2.30. The van der Waals surface area contributed by atoms with Crippen molar-refractivity contribution in [3.63, 3.8) is 0 Å². The summed E-state index contributed by atoms with van der Waals surface area (Å²) in [6.07, 6.45) is 1.17. The fraction of sp³-hybridized carbons (Fsp3) is 0.286. The first-order chi connectivity index (χ1) is 16.5. The van der Waals surface area contributed by atoms with Crippen molar-refractivity contribution in [1.82, 2.24) is 10.2 Å². The smallest absolute Gasteiger partial charge is 0.243 e. The maximum Gasteiger partial charge on any atom is 0.243 e. The minimum absolute atomic E-state index is 0.102. The molecule has 0 aliphatic rings. The van der Waals surface area contributed by atoms with Crippen molar-refractivity contribution in [1.29, 1.82) is 0 Å². The number of carbonyl (C=O) groups is 2. The number of amides is 2. The van der Waals surface area contributed by atoms with Crippen molar-refractivity contribution in [2.24, 2.45) is 0 Å². The van der Waals surface area contributed by atoms with Crippen LogP contribution in [0.5, 0.6) is 5.75 Å². The van der Waals surface area contributed by atoms with Gasteiger partial charge >= 0.3 is 0 Å². The van der Waals surface area contributed by atoms with Crippen LogP contribution in [-0.4, -0.2) is 36.4 Å². The fourth-order valence-electron chi connectivity index (χ4n) is 3.90. The Hall–Kier alpha value is -3.31. The largest absolute Gasteiger partial charge is 0.497 e. The van der Waals surface area contributed by atoms with E-state index >= 15 is 0 Å². The number of aryl methyl sites for hydroxylation is 1. The van der Waals surface area contributed by atoms with Crippen molar-refractivity contribution < 1.29 is 14.3 Å². The molecule has 178 valence electrons. The van der Waals surface area contributed by atoms with Gasteiger partial charge in [0.05, 0.1) is 7.11 Å². The molecule has 1 atom stereocenters. The Bertz CT molecular complexity index is 1090. The highest BCUT2D eigenvalue weighted by molar-refractivity contribution is 6.31. The molecule has 5 nitrogen and oxygen atoms in total. The Labute approximate surface area is 206 Å². The summed E-state index contributed by atoms with van der Waals surface area (Å²) in [6.45, 7) is 2.67. The topological polar surface area (TPSA) is 58.6 Å². The first-order valence-electron chi connectivity index (χ1n) is 11.5. The molecule has 34 heavy (non-hydrogen) atoms. The molecule has 0 heterocycles. The Morgan fingerprint density at radius 3 is 2.38 bits per heavy atom. The van der Waals surface area contributed by atoms with Gasteiger partial charge in [-0.05, 0) is 48.2 Å². The third-order valence-electron chi connectivity index (χ3n) is 5.68. The van der Waals surface area contributed by atoms with Crippen molar-refractivity contribution in [2.75, 3.05) is 13.7 Å². The van der Waals surface area contributed by atoms with Gasteiger partial charge < -0.3 is 15.0 Å². The van der Waals surface area contributed by atoms with Gasteiger partial charge in [-0.15, -0.1) is 0 Å². The van der Waals surface area contributed by atoms with Gasteiger partial charge in [-0.2, -0.15) is 0 Å². The molecule has 3 rings (SSSR count).